The number of nitro groups is 1. The maximum absolute atomic E-state index is 13.3. The molecule has 2 heterocycles. The molecule has 160 valence electrons. The van der Waals surface area contributed by atoms with Crippen molar-refractivity contribution in [1.82, 2.24) is 4.90 Å². The molecule has 0 bridgehead atoms. The number of carbonyl (C=O) groups excluding carboxylic acids is 1. The van der Waals surface area contributed by atoms with Crippen LogP contribution >= 0.6 is 11.8 Å². The van der Waals surface area contributed by atoms with Crippen molar-refractivity contribution in [2.24, 2.45) is 4.99 Å². The van der Waals surface area contributed by atoms with Gasteiger partial charge in [0.15, 0.2) is 5.17 Å². The van der Waals surface area contributed by atoms with E-state index >= 15 is 0 Å². The Labute approximate surface area is 184 Å². The Balaban J connectivity index is 1.67. The van der Waals surface area contributed by atoms with Crippen LogP contribution in [0.15, 0.2) is 64.8 Å². The maximum Gasteiger partial charge on any atom is 0.269 e. The van der Waals surface area contributed by atoms with E-state index in [1.165, 1.54) is 24.3 Å². The highest BCUT2D eigenvalue weighted by Gasteiger charge is 2.38. The molecule has 1 amide bonds. The van der Waals surface area contributed by atoms with Crippen molar-refractivity contribution in [3.8, 4) is 0 Å². The summed E-state index contributed by atoms with van der Waals surface area (Å²) in [5, 5.41) is 14.7. The van der Waals surface area contributed by atoms with Crippen LogP contribution in [-0.4, -0.2) is 47.3 Å². The molecule has 2 aromatic carbocycles. The van der Waals surface area contributed by atoms with Gasteiger partial charge in [-0.2, -0.15) is 0 Å². The highest BCUT2D eigenvalue weighted by Crippen LogP contribution is 2.40. The van der Waals surface area contributed by atoms with Gasteiger partial charge in [0.05, 0.1) is 22.2 Å². The molecule has 1 N–H and O–H groups in total. The predicted octanol–water partition coefficient (Wildman–Crippen LogP) is 4.03. The molecule has 0 radical (unpaired) electrons. The van der Waals surface area contributed by atoms with Crippen molar-refractivity contribution in [3.05, 3.63) is 75.5 Å². The van der Waals surface area contributed by atoms with E-state index in [9.17, 15) is 14.9 Å². The first-order valence-corrected chi connectivity index (χ1v) is 10.9. The minimum Gasteiger partial charge on any atom is -0.378 e. The van der Waals surface area contributed by atoms with Crippen molar-refractivity contribution in [1.29, 1.82) is 0 Å². The zero-order valence-electron chi connectivity index (χ0n) is 17.5. The van der Waals surface area contributed by atoms with Crippen LogP contribution in [0.5, 0.6) is 0 Å². The van der Waals surface area contributed by atoms with Crippen LogP contribution in [0.1, 0.15) is 18.5 Å². The van der Waals surface area contributed by atoms with Gasteiger partial charge < -0.3 is 15.1 Å². The number of fused-ring (bicyclic) bond motifs is 1. The molecule has 2 aromatic rings. The first kappa shape index (κ1) is 20.9. The van der Waals surface area contributed by atoms with Crippen LogP contribution in [-0.2, 0) is 4.79 Å². The van der Waals surface area contributed by atoms with Crippen LogP contribution in [0.3, 0.4) is 0 Å². The molecular formula is C22H23N5O3S. The Morgan fingerprint density at radius 1 is 1.19 bits per heavy atom. The average molecular weight is 438 g/mol. The molecule has 0 spiro atoms. The molecule has 0 saturated carbocycles. The van der Waals surface area contributed by atoms with E-state index in [1.54, 1.807) is 11.8 Å². The van der Waals surface area contributed by atoms with Crippen LogP contribution in [0.4, 0.5) is 17.1 Å². The zero-order chi connectivity index (χ0) is 22.1. The van der Waals surface area contributed by atoms with E-state index in [0.717, 1.165) is 28.7 Å². The van der Waals surface area contributed by atoms with E-state index in [4.69, 9.17) is 0 Å². The summed E-state index contributed by atoms with van der Waals surface area (Å²) in [7, 11) is 3.98. The van der Waals surface area contributed by atoms with Gasteiger partial charge in [0.2, 0.25) is 0 Å². The number of allylic oxidation sites excluding steroid dienone is 1. The molecule has 1 unspecified atom stereocenters. The van der Waals surface area contributed by atoms with Crippen molar-refractivity contribution < 1.29 is 9.72 Å². The normalized spacial score (nSPS) is 17.8. The summed E-state index contributed by atoms with van der Waals surface area (Å²) in [5.74, 6) is 0.670. The summed E-state index contributed by atoms with van der Waals surface area (Å²) in [5.41, 5.74) is 3.86. The Bertz CT molecular complexity index is 1080. The van der Waals surface area contributed by atoms with Gasteiger partial charge in [-0.15, -0.1) is 0 Å². The molecule has 9 heteroatoms. The number of anilines is 2. The average Bonchev–Trinajstić information content (AvgIpc) is 3.21. The van der Waals surface area contributed by atoms with Gasteiger partial charge in [0, 0.05) is 49.9 Å². The fourth-order valence-electron chi connectivity index (χ4n) is 3.76. The number of nitrogens with one attached hydrogen (secondary N) is 1. The number of thioether (sulfide) groups is 1. The lowest BCUT2D eigenvalue weighted by Gasteiger charge is -2.35. The smallest absolute Gasteiger partial charge is 0.269 e. The van der Waals surface area contributed by atoms with E-state index in [0.29, 0.717) is 17.0 Å². The standard InChI is InChI=1S/C22H23N5O3S/c1-14-19(21(28)24-16-6-10-18(11-7-16)27(29)30)20(26-12-13-31-22(26)23-14)15-4-8-17(9-5-15)25(2)3/h4-11,20H,12-13H2,1-3H3,(H,24,28). The molecule has 4 rings (SSSR count). The monoisotopic (exact) mass is 437 g/mol. The molecule has 1 fully saturated rings. The van der Waals surface area contributed by atoms with Crippen molar-refractivity contribution in [2.45, 2.75) is 13.0 Å². The number of amidine groups is 1. The van der Waals surface area contributed by atoms with Crippen LogP contribution < -0.4 is 10.2 Å². The second kappa shape index (κ2) is 8.43. The number of aliphatic imine (C=N–C) groups is 1. The molecule has 31 heavy (non-hydrogen) atoms. The van der Waals surface area contributed by atoms with E-state index in [-0.39, 0.29) is 17.6 Å². The fraction of sp³-hybridized carbons (Fsp3) is 0.273. The molecule has 8 nitrogen and oxygen atoms in total. The number of benzene rings is 2. The highest BCUT2D eigenvalue weighted by atomic mass is 32.2. The number of amides is 1. The van der Waals surface area contributed by atoms with Crippen molar-refractivity contribution in [3.63, 3.8) is 0 Å². The van der Waals surface area contributed by atoms with Gasteiger partial charge in [-0.05, 0) is 36.8 Å². The number of nitrogens with zero attached hydrogens (tertiary/aromatic N) is 4. The number of hydrogen-bond donors (Lipinski definition) is 1. The molecule has 2 aliphatic heterocycles. The first-order chi connectivity index (χ1) is 14.8. The topological polar surface area (TPSA) is 91.1 Å². The van der Waals surface area contributed by atoms with E-state index in [2.05, 4.69) is 27.3 Å². The minimum absolute atomic E-state index is 0.0201. The predicted molar refractivity (Wildman–Crippen MR) is 125 cm³/mol. The van der Waals surface area contributed by atoms with Crippen LogP contribution in [0, 0.1) is 10.1 Å². The van der Waals surface area contributed by atoms with Gasteiger partial charge >= 0.3 is 0 Å². The second-order valence-corrected chi connectivity index (χ2v) is 8.64. The first-order valence-electron chi connectivity index (χ1n) is 9.87. The zero-order valence-corrected chi connectivity index (χ0v) is 18.3. The van der Waals surface area contributed by atoms with Crippen LogP contribution in [0.25, 0.3) is 0 Å². The minimum atomic E-state index is -0.464. The summed E-state index contributed by atoms with van der Waals surface area (Å²) in [6.45, 7) is 2.67. The Hall–Kier alpha value is -3.33. The van der Waals surface area contributed by atoms with Gasteiger partial charge in [-0.25, -0.2) is 4.99 Å². The highest BCUT2D eigenvalue weighted by molar-refractivity contribution is 8.14. The summed E-state index contributed by atoms with van der Waals surface area (Å²) in [6, 6.07) is 13.8. The van der Waals surface area contributed by atoms with Gasteiger partial charge in [-0.1, -0.05) is 23.9 Å². The second-order valence-electron chi connectivity index (χ2n) is 7.58. The number of rotatable bonds is 5. The Kier molecular flexibility index (Phi) is 5.69. The largest absolute Gasteiger partial charge is 0.378 e. The quantitative estimate of drug-likeness (QED) is 0.561. The van der Waals surface area contributed by atoms with Crippen LogP contribution in [0.2, 0.25) is 0 Å². The lowest BCUT2D eigenvalue weighted by molar-refractivity contribution is -0.384. The summed E-state index contributed by atoms with van der Waals surface area (Å²) in [4.78, 5) is 32.6. The van der Waals surface area contributed by atoms with Gasteiger partial charge in [-0.3, -0.25) is 14.9 Å². The van der Waals surface area contributed by atoms with E-state index in [1.807, 2.05) is 38.1 Å². The number of nitro benzene ring substituents is 1. The molecular weight excluding hydrogens is 414 g/mol. The summed E-state index contributed by atoms with van der Waals surface area (Å²) < 4.78 is 0. The summed E-state index contributed by atoms with van der Waals surface area (Å²) in [6.07, 6.45) is 0. The molecule has 2 aliphatic rings. The third kappa shape index (κ3) is 4.13. The third-order valence-corrected chi connectivity index (χ3v) is 6.32. The van der Waals surface area contributed by atoms with Gasteiger partial charge in [0.1, 0.15) is 0 Å². The number of hydrogen-bond acceptors (Lipinski definition) is 7. The van der Waals surface area contributed by atoms with E-state index < -0.39 is 4.92 Å². The maximum atomic E-state index is 13.3. The lowest BCUT2D eigenvalue weighted by atomic mass is 9.93. The number of non-ortho nitro benzene ring substituents is 1. The third-order valence-electron chi connectivity index (χ3n) is 5.35. The van der Waals surface area contributed by atoms with Gasteiger partial charge in [0.25, 0.3) is 11.6 Å². The molecule has 0 aromatic heterocycles. The summed E-state index contributed by atoms with van der Waals surface area (Å²) >= 11 is 1.70. The molecule has 0 aliphatic carbocycles. The SMILES string of the molecule is CC1=C(C(=O)Nc2ccc([N+](=O)[O-])cc2)C(c2ccc(N(C)C)cc2)N2CCSC2=N1. The molecule has 1 atom stereocenters. The lowest BCUT2D eigenvalue weighted by Crippen LogP contribution is -2.37. The van der Waals surface area contributed by atoms with Crippen molar-refractivity contribution in [2.75, 3.05) is 36.6 Å². The van der Waals surface area contributed by atoms with Crippen molar-refractivity contribution >= 4 is 39.9 Å². The Morgan fingerprint density at radius 3 is 2.48 bits per heavy atom. The Morgan fingerprint density at radius 2 is 1.87 bits per heavy atom. The fourth-order valence-corrected chi connectivity index (χ4v) is 4.80. The number of carbonyl (C=O) groups is 1. The molecule has 1 saturated heterocycles.